The highest BCUT2D eigenvalue weighted by Crippen LogP contribution is 2.50. The minimum Gasteiger partial charge on any atom is -0.495 e. The van der Waals surface area contributed by atoms with E-state index in [1.54, 1.807) is 12.1 Å². The van der Waals surface area contributed by atoms with Crippen molar-refractivity contribution in [1.82, 2.24) is 0 Å². The molecule has 0 saturated heterocycles. The maximum Gasteiger partial charge on any atom is 0.265 e. The summed E-state index contributed by atoms with van der Waals surface area (Å²) in [6.45, 7) is 0. The molecule has 0 saturated carbocycles. The van der Waals surface area contributed by atoms with Gasteiger partial charge >= 0.3 is 0 Å². The molecule has 3 nitrogen and oxygen atoms in total. The number of carbonyl (C=O) groups is 1. The van der Waals surface area contributed by atoms with Crippen LogP contribution in [0.25, 0.3) is 0 Å². The number of amides is 1. The van der Waals surface area contributed by atoms with Gasteiger partial charge in [-0.15, -0.1) is 0 Å². The normalized spacial score (nSPS) is 17.2. The van der Waals surface area contributed by atoms with E-state index in [2.05, 4.69) is 5.32 Å². The lowest BCUT2D eigenvalue weighted by Gasteiger charge is -2.13. The number of fused-ring (bicyclic) bond motifs is 1. The predicted octanol–water partition coefficient (Wildman–Crippen LogP) is 2.93. The maximum atomic E-state index is 11.4. The summed E-state index contributed by atoms with van der Waals surface area (Å²) in [6, 6.07) is 3.28. The van der Waals surface area contributed by atoms with Gasteiger partial charge in [0.15, 0.2) is 0 Å². The fourth-order valence-electron chi connectivity index (χ4n) is 1.44. The first-order chi connectivity index (χ1) is 6.98. The van der Waals surface area contributed by atoms with E-state index in [9.17, 15) is 4.79 Å². The lowest BCUT2D eigenvalue weighted by Crippen LogP contribution is -2.21. The number of nitrogens with one attached hydrogen (secondary N) is 1. The number of benzene rings is 1. The van der Waals surface area contributed by atoms with Crippen LogP contribution < -0.4 is 10.1 Å². The Bertz CT molecular complexity index is 445. The van der Waals surface area contributed by atoms with Gasteiger partial charge in [0.05, 0.1) is 12.1 Å². The Morgan fingerprint density at radius 1 is 1.40 bits per heavy atom. The number of anilines is 1. The topological polar surface area (TPSA) is 38.3 Å². The molecule has 2 rings (SSSR count). The quantitative estimate of drug-likeness (QED) is 0.794. The molecule has 80 valence electrons. The third-order valence-corrected chi connectivity index (χ3v) is 3.27. The number of halogens is 3. The predicted molar refractivity (Wildman–Crippen MR) is 60.0 cm³/mol. The van der Waals surface area contributed by atoms with Gasteiger partial charge in [-0.05, 0) is 12.1 Å². The summed E-state index contributed by atoms with van der Waals surface area (Å²) in [7, 11) is 1.47. The number of hydrogen-bond acceptors (Lipinski definition) is 2. The number of carbonyl (C=O) groups excluding carboxylic acids is 1. The van der Waals surface area contributed by atoms with Crippen molar-refractivity contribution in [2.24, 2.45) is 0 Å². The fraction of sp³-hybridized carbons (Fsp3) is 0.222. The monoisotopic (exact) mass is 265 g/mol. The Balaban J connectivity index is 2.68. The standard InChI is InChI=1S/C9H6Cl3NO2/c1-15-5-3-2-4-6(7(5)10)9(11,12)8(14)13-4/h2-3H,1H3,(H,13,14). The molecule has 0 aromatic heterocycles. The zero-order chi connectivity index (χ0) is 11.2. The third kappa shape index (κ3) is 1.46. The van der Waals surface area contributed by atoms with E-state index in [0.29, 0.717) is 17.0 Å². The molecule has 1 aliphatic rings. The zero-order valence-electron chi connectivity index (χ0n) is 7.61. The molecule has 0 aliphatic carbocycles. The molecule has 0 bridgehead atoms. The molecule has 0 radical (unpaired) electrons. The SMILES string of the molecule is COc1ccc2c(c1Cl)C(Cl)(Cl)C(=O)N2. The average molecular weight is 267 g/mol. The molecule has 1 aliphatic heterocycles. The first-order valence-electron chi connectivity index (χ1n) is 4.04. The van der Waals surface area contributed by atoms with Crippen LogP contribution in [-0.4, -0.2) is 13.0 Å². The molecule has 1 aromatic carbocycles. The Labute approximate surface area is 101 Å². The number of hydrogen-bond donors (Lipinski definition) is 1. The van der Waals surface area contributed by atoms with Gasteiger partial charge in [0.2, 0.25) is 4.33 Å². The molecule has 1 N–H and O–H groups in total. The van der Waals surface area contributed by atoms with Crippen LogP contribution in [0.15, 0.2) is 12.1 Å². The highest BCUT2D eigenvalue weighted by Gasteiger charge is 2.46. The van der Waals surface area contributed by atoms with Crippen molar-refractivity contribution in [1.29, 1.82) is 0 Å². The second-order valence-corrected chi connectivity index (χ2v) is 4.74. The number of rotatable bonds is 1. The van der Waals surface area contributed by atoms with E-state index >= 15 is 0 Å². The Morgan fingerprint density at radius 2 is 2.07 bits per heavy atom. The number of ether oxygens (including phenoxy) is 1. The van der Waals surface area contributed by atoms with Crippen LogP contribution in [0.1, 0.15) is 5.56 Å². The van der Waals surface area contributed by atoms with Crippen LogP contribution in [0.3, 0.4) is 0 Å². The summed E-state index contributed by atoms with van der Waals surface area (Å²) in [5, 5.41) is 2.79. The van der Waals surface area contributed by atoms with Crippen molar-refractivity contribution in [3.05, 3.63) is 22.7 Å². The van der Waals surface area contributed by atoms with Crippen LogP contribution in [0.4, 0.5) is 5.69 Å². The molecule has 6 heteroatoms. The molecule has 1 amide bonds. The molecule has 0 fully saturated rings. The van der Waals surface area contributed by atoms with Gasteiger partial charge in [-0.1, -0.05) is 34.8 Å². The van der Waals surface area contributed by atoms with Gasteiger partial charge in [-0.25, -0.2) is 0 Å². The Kier molecular flexibility index (Phi) is 2.49. The summed E-state index contributed by atoms with van der Waals surface area (Å²) in [5.41, 5.74) is 0.854. The summed E-state index contributed by atoms with van der Waals surface area (Å²) in [5.74, 6) is -0.0754. The minimum absolute atomic E-state index is 0.248. The molecule has 0 atom stereocenters. The van der Waals surface area contributed by atoms with E-state index < -0.39 is 10.2 Å². The van der Waals surface area contributed by atoms with Crippen molar-refractivity contribution < 1.29 is 9.53 Å². The van der Waals surface area contributed by atoms with Crippen molar-refractivity contribution >= 4 is 46.4 Å². The van der Waals surface area contributed by atoms with E-state index in [4.69, 9.17) is 39.5 Å². The Hall–Kier alpha value is -0.640. The zero-order valence-corrected chi connectivity index (χ0v) is 9.87. The molecule has 0 unspecified atom stereocenters. The lowest BCUT2D eigenvalue weighted by molar-refractivity contribution is -0.116. The van der Waals surface area contributed by atoms with Crippen LogP contribution >= 0.6 is 34.8 Å². The van der Waals surface area contributed by atoms with Crippen molar-refractivity contribution in [3.8, 4) is 5.75 Å². The second kappa shape index (κ2) is 3.44. The summed E-state index contributed by atoms with van der Waals surface area (Å²) >= 11 is 17.8. The average Bonchev–Trinajstić information content (AvgIpc) is 2.39. The molecule has 15 heavy (non-hydrogen) atoms. The van der Waals surface area contributed by atoms with Gasteiger partial charge < -0.3 is 10.1 Å². The van der Waals surface area contributed by atoms with Gasteiger partial charge in [0.1, 0.15) is 5.75 Å². The van der Waals surface area contributed by atoms with Crippen LogP contribution in [0.2, 0.25) is 5.02 Å². The highest BCUT2D eigenvalue weighted by molar-refractivity contribution is 6.61. The van der Waals surface area contributed by atoms with E-state index in [1.807, 2.05) is 0 Å². The van der Waals surface area contributed by atoms with E-state index in [-0.39, 0.29) is 5.02 Å². The third-order valence-electron chi connectivity index (χ3n) is 2.17. The van der Waals surface area contributed by atoms with Gasteiger partial charge in [-0.3, -0.25) is 4.79 Å². The lowest BCUT2D eigenvalue weighted by atomic mass is 10.1. The van der Waals surface area contributed by atoms with Gasteiger partial charge in [-0.2, -0.15) is 0 Å². The van der Waals surface area contributed by atoms with E-state index in [0.717, 1.165) is 0 Å². The molecular formula is C9H6Cl3NO2. The number of alkyl halides is 2. The Morgan fingerprint density at radius 3 is 2.67 bits per heavy atom. The summed E-state index contributed by atoms with van der Waals surface area (Å²) in [6.07, 6.45) is 0. The fourth-order valence-corrected chi connectivity index (χ4v) is 2.41. The highest BCUT2D eigenvalue weighted by atomic mass is 35.5. The molecule has 0 spiro atoms. The van der Waals surface area contributed by atoms with Crippen LogP contribution in [0.5, 0.6) is 5.75 Å². The molecule has 1 heterocycles. The second-order valence-electron chi connectivity index (χ2n) is 3.03. The van der Waals surface area contributed by atoms with Gasteiger partial charge in [0.25, 0.3) is 5.91 Å². The van der Waals surface area contributed by atoms with Crippen LogP contribution in [-0.2, 0) is 9.13 Å². The molecular weight excluding hydrogens is 260 g/mol. The minimum atomic E-state index is -1.65. The van der Waals surface area contributed by atoms with Crippen molar-refractivity contribution in [3.63, 3.8) is 0 Å². The largest absolute Gasteiger partial charge is 0.495 e. The number of methoxy groups -OCH3 is 1. The summed E-state index contributed by atoms with van der Waals surface area (Å²) in [4.78, 5) is 11.4. The first-order valence-corrected chi connectivity index (χ1v) is 5.18. The molecule has 1 aromatic rings. The van der Waals surface area contributed by atoms with Gasteiger partial charge in [0, 0.05) is 11.3 Å². The summed E-state index contributed by atoms with van der Waals surface area (Å²) < 4.78 is 3.36. The smallest absolute Gasteiger partial charge is 0.265 e. The maximum absolute atomic E-state index is 11.4. The first kappa shape index (κ1) is 10.9. The van der Waals surface area contributed by atoms with Crippen molar-refractivity contribution in [2.45, 2.75) is 4.33 Å². The van der Waals surface area contributed by atoms with Crippen molar-refractivity contribution in [2.75, 3.05) is 12.4 Å². The van der Waals surface area contributed by atoms with Crippen LogP contribution in [0, 0.1) is 0 Å². The van der Waals surface area contributed by atoms with E-state index in [1.165, 1.54) is 7.11 Å².